The molecule has 2 heterocycles. The number of hydrogen-bond donors (Lipinski definition) is 1. The number of nitrogens with one attached hydrogen (secondary N) is 1. The average molecular weight is 406 g/mol. The first kappa shape index (κ1) is 21.2. The molecule has 0 unspecified atom stereocenters. The zero-order chi connectivity index (χ0) is 21.2. The van der Waals surface area contributed by atoms with Crippen LogP contribution in [0, 0.1) is 11.3 Å². The molecule has 2 atom stereocenters. The lowest BCUT2D eigenvalue weighted by molar-refractivity contribution is -0.149. The first-order valence-corrected chi connectivity index (χ1v) is 10.2. The number of ether oxygens (including phenoxy) is 1. The molecule has 10 nitrogen and oxygen atoms in total. The van der Waals surface area contributed by atoms with E-state index in [0.29, 0.717) is 31.1 Å². The summed E-state index contributed by atoms with van der Waals surface area (Å²) in [5.74, 6) is -0.272. The van der Waals surface area contributed by atoms with Gasteiger partial charge in [0.15, 0.2) is 12.4 Å². The molecule has 1 spiro atoms. The predicted octanol–water partition coefficient (Wildman–Crippen LogP) is 1.65. The van der Waals surface area contributed by atoms with E-state index in [2.05, 4.69) is 48.5 Å². The van der Waals surface area contributed by atoms with Crippen LogP contribution in [0.15, 0.2) is 0 Å². The molecular formula is C19H30N6O4. The van der Waals surface area contributed by atoms with E-state index in [1.807, 2.05) is 0 Å². The van der Waals surface area contributed by atoms with Gasteiger partial charge >= 0.3 is 12.0 Å². The number of urea groups is 1. The Balaban J connectivity index is 1.60. The van der Waals surface area contributed by atoms with E-state index in [1.54, 1.807) is 4.68 Å². The van der Waals surface area contributed by atoms with E-state index in [4.69, 9.17) is 4.74 Å². The van der Waals surface area contributed by atoms with Gasteiger partial charge in [-0.25, -0.2) is 9.48 Å². The number of nitrogens with zero attached hydrogens (tertiary/aromatic N) is 5. The summed E-state index contributed by atoms with van der Waals surface area (Å²) in [4.78, 5) is 38.8. The lowest BCUT2D eigenvalue weighted by Gasteiger charge is -2.43. The molecule has 10 heteroatoms. The number of aryl methyl sites for hydroxylation is 1. The van der Waals surface area contributed by atoms with Crippen LogP contribution in [0.3, 0.4) is 0 Å². The van der Waals surface area contributed by atoms with Gasteiger partial charge in [0.25, 0.3) is 5.91 Å². The number of unbranched alkanes of at least 4 members (excludes halogenated alkanes) is 1. The third-order valence-corrected chi connectivity index (χ3v) is 5.60. The maximum absolute atomic E-state index is 13.1. The number of imide groups is 1. The number of carbonyl (C=O) groups is 3. The lowest BCUT2D eigenvalue weighted by atomic mass is 9.64. The summed E-state index contributed by atoms with van der Waals surface area (Å²) in [5, 5.41) is 14.2. The van der Waals surface area contributed by atoms with Crippen LogP contribution in [0.25, 0.3) is 0 Å². The summed E-state index contributed by atoms with van der Waals surface area (Å²) in [6.45, 7) is 8.46. The van der Waals surface area contributed by atoms with Crippen molar-refractivity contribution in [3.05, 3.63) is 5.82 Å². The Morgan fingerprint density at radius 2 is 2.07 bits per heavy atom. The number of tetrazole rings is 1. The van der Waals surface area contributed by atoms with Crippen LogP contribution in [0.1, 0.15) is 65.6 Å². The Morgan fingerprint density at radius 1 is 1.31 bits per heavy atom. The van der Waals surface area contributed by atoms with Crippen molar-refractivity contribution in [2.45, 2.75) is 78.5 Å². The fourth-order valence-corrected chi connectivity index (χ4v) is 4.78. The highest BCUT2D eigenvalue weighted by Gasteiger charge is 2.56. The van der Waals surface area contributed by atoms with Crippen LogP contribution < -0.4 is 5.32 Å². The summed E-state index contributed by atoms with van der Waals surface area (Å²) in [7, 11) is 0. The average Bonchev–Trinajstić information content (AvgIpc) is 3.14. The standard InChI is InChI=1S/C19H30N6O4/c1-5-6-7-25-14(21-22-23-25)11-29-15(26)10-24-16(27)19(20-17(24)28)9-13(2)8-18(3,4)12-19/h13H,5-12H2,1-4H3,(H,20,28)/t13-,19-/m0/s1. The van der Waals surface area contributed by atoms with Gasteiger partial charge in [-0.2, -0.15) is 0 Å². The highest BCUT2D eigenvalue weighted by Crippen LogP contribution is 2.46. The molecule has 2 fully saturated rings. The highest BCUT2D eigenvalue weighted by atomic mass is 16.5. The van der Waals surface area contributed by atoms with Crippen molar-refractivity contribution >= 4 is 17.9 Å². The minimum absolute atomic E-state index is 0.0628. The summed E-state index contributed by atoms with van der Waals surface area (Å²) in [5.41, 5.74) is -0.991. The number of rotatable bonds is 7. The maximum Gasteiger partial charge on any atom is 0.326 e. The third kappa shape index (κ3) is 4.56. The molecule has 0 bridgehead atoms. The molecule has 1 N–H and O–H groups in total. The highest BCUT2D eigenvalue weighted by molar-refractivity contribution is 6.08. The van der Waals surface area contributed by atoms with Crippen molar-refractivity contribution in [2.24, 2.45) is 11.3 Å². The van der Waals surface area contributed by atoms with Gasteiger partial charge in [0, 0.05) is 6.54 Å². The van der Waals surface area contributed by atoms with Crippen LogP contribution in [-0.4, -0.2) is 55.1 Å². The molecule has 29 heavy (non-hydrogen) atoms. The van der Waals surface area contributed by atoms with Crippen LogP contribution in [0.5, 0.6) is 0 Å². The Kier molecular flexibility index (Phi) is 5.90. The molecule has 1 aliphatic carbocycles. The van der Waals surface area contributed by atoms with Gasteiger partial charge in [-0.15, -0.1) is 5.10 Å². The minimum Gasteiger partial charge on any atom is -0.456 e. The molecule has 1 aromatic heterocycles. The molecule has 1 aliphatic heterocycles. The molecule has 3 rings (SSSR count). The summed E-state index contributed by atoms with van der Waals surface area (Å²) < 4.78 is 6.82. The van der Waals surface area contributed by atoms with E-state index in [-0.39, 0.29) is 17.9 Å². The predicted molar refractivity (Wildman–Crippen MR) is 102 cm³/mol. The van der Waals surface area contributed by atoms with E-state index >= 15 is 0 Å². The second kappa shape index (κ2) is 8.08. The first-order chi connectivity index (χ1) is 13.7. The number of aromatic nitrogens is 4. The van der Waals surface area contributed by atoms with Crippen molar-refractivity contribution in [1.82, 2.24) is 30.4 Å². The van der Waals surface area contributed by atoms with Crippen molar-refractivity contribution in [1.29, 1.82) is 0 Å². The van der Waals surface area contributed by atoms with Crippen molar-refractivity contribution in [2.75, 3.05) is 6.54 Å². The summed E-state index contributed by atoms with van der Waals surface area (Å²) in [6.07, 6.45) is 4.03. The molecule has 160 valence electrons. The van der Waals surface area contributed by atoms with Crippen molar-refractivity contribution in [3.63, 3.8) is 0 Å². The fraction of sp³-hybridized carbons (Fsp3) is 0.789. The third-order valence-electron chi connectivity index (χ3n) is 5.60. The van der Waals surface area contributed by atoms with Gasteiger partial charge in [-0.05, 0) is 47.4 Å². The van der Waals surface area contributed by atoms with E-state index < -0.39 is 24.1 Å². The lowest BCUT2D eigenvalue weighted by Crippen LogP contribution is -2.54. The number of carbonyl (C=O) groups excluding carboxylic acids is 3. The van der Waals surface area contributed by atoms with Crippen LogP contribution in [0.4, 0.5) is 4.79 Å². The van der Waals surface area contributed by atoms with Crippen LogP contribution in [-0.2, 0) is 27.5 Å². The van der Waals surface area contributed by atoms with Gasteiger partial charge in [-0.3, -0.25) is 14.5 Å². The topological polar surface area (TPSA) is 119 Å². The second-order valence-corrected chi connectivity index (χ2v) is 9.09. The molecule has 1 saturated heterocycles. The number of esters is 1. The molecule has 2 aliphatic rings. The van der Waals surface area contributed by atoms with Gasteiger partial charge in [0.1, 0.15) is 12.1 Å². The number of amides is 3. The zero-order valence-electron chi connectivity index (χ0n) is 17.6. The fourth-order valence-electron chi connectivity index (χ4n) is 4.78. The molecule has 0 radical (unpaired) electrons. The molecule has 3 amide bonds. The summed E-state index contributed by atoms with van der Waals surface area (Å²) >= 11 is 0. The largest absolute Gasteiger partial charge is 0.456 e. The van der Waals surface area contributed by atoms with Crippen LogP contribution in [0.2, 0.25) is 0 Å². The first-order valence-electron chi connectivity index (χ1n) is 10.2. The van der Waals surface area contributed by atoms with Gasteiger partial charge in [0.2, 0.25) is 0 Å². The second-order valence-electron chi connectivity index (χ2n) is 9.09. The molecule has 0 aromatic carbocycles. The van der Waals surface area contributed by atoms with E-state index in [0.717, 1.165) is 24.2 Å². The maximum atomic E-state index is 13.1. The van der Waals surface area contributed by atoms with Crippen molar-refractivity contribution < 1.29 is 19.1 Å². The molecular weight excluding hydrogens is 376 g/mol. The number of hydrogen-bond acceptors (Lipinski definition) is 7. The van der Waals surface area contributed by atoms with Crippen LogP contribution >= 0.6 is 0 Å². The normalized spacial score (nSPS) is 26.1. The zero-order valence-corrected chi connectivity index (χ0v) is 17.6. The molecule has 1 saturated carbocycles. The monoisotopic (exact) mass is 406 g/mol. The minimum atomic E-state index is -0.928. The Morgan fingerprint density at radius 3 is 2.76 bits per heavy atom. The quantitative estimate of drug-likeness (QED) is 0.540. The SMILES string of the molecule is CCCCn1nnnc1COC(=O)CN1C(=O)N[C@]2(C[C@@H](C)CC(C)(C)C2)C1=O. The van der Waals surface area contributed by atoms with Gasteiger partial charge < -0.3 is 10.1 Å². The Labute approximate surface area is 170 Å². The van der Waals surface area contributed by atoms with E-state index in [1.165, 1.54) is 0 Å². The summed E-state index contributed by atoms with van der Waals surface area (Å²) in [6, 6.07) is -0.537. The van der Waals surface area contributed by atoms with Crippen molar-refractivity contribution in [3.8, 4) is 0 Å². The van der Waals surface area contributed by atoms with Gasteiger partial charge in [-0.1, -0.05) is 34.1 Å². The van der Waals surface area contributed by atoms with Gasteiger partial charge in [0.05, 0.1) is 0 Å². The van der Waals surface area contributed by atoms with E-state index in [9.17, 15) is 14.4 Å². The Bertz CT molecular complexity index is 791. The molecule has 1 aromatic rings. The Hall–Kier alpha value is -2.52. The smallest absolute Gasteiger partial charge is 0.326 e.